The molecule has 0 saturated heterocycles. The van der Waals surface area contributed by atoms with Crippen molar-refractivity contribution in [1.29, 1.82) is 0 Å². The summed E-state index contributed by atoms with van der Waals surface area (Å²) in [5, 5.41) is 3.20. The van der Waals surface area contributed by atoms with E-state index >= 15 is 0 Å². The van der Waals surface area contributed by atoms with Crippen LogP contribution in [0.3, 0.4) is 0 Å². The van der Waals surface area contributed by atoms with E-state index < -0.39 is 0 Å². The van der Waals surface area contributed by atoms with Crippen molar-refractivity contribution in [2.75, 3.05) is 11.1 Å². The number of halogens is 1. The highest BCUT2D eigenvalue weighted by Gasteiger charge is 2.03. The van der Waals surface area contributed by atoms with E-state index in [1.54, 1.807) is 6.07 Å². The maximum absolute atomic E-state index is 5.67. The fourth-order valence-electron chi connectivity index (χ4n) is 1.51. The second-order valence-corrected chi connectivity index (χ2v) is 4.69. The molecule has 0 saturated carbocycles. The van der Waals surface area contributed by atoms with Crippen LogP contribution in [-0.4, -0.2) is 9.97 Å². The van der Waals surface area contributed by atoms with Gasteiger partial charge in [0.25, 0.3) is 0 Å². The lowest BCUT2D eigenvalue weighted by atomic mass is 10.2. The number of aryl methyl sites for hydroxylation is 2. The lowest BCUT2D eigenvalue weighted by Gasteiger charge is -2.09. The third-order valence-corrected chi connectivity index (χ3v) is 2.90. The molecule has 4 nitrogen and oxygen atoms in total. The van der Waals surface area contributed by atoms with Gasteiger partial charge in [-0.25, -0.2) is 9.97 Å². The van der Waals surface area contributed by atoms with Gasteiger partial charge in [0.15, 0.2) is 0 Å². The minimum Gasteiger partial charge on any atom is -0.384 e. The zero-order valence-electron chi connectivity index (χ0n) is 9.66. The summed E-state index contributed by atoms with van der Waals surface area (Å²) in [6.07, 6.45) is 0. The molecule has 0 bridgehead atoms. The molecule has 1 aromatic heterocycles. The van der Waals surface area contributed by atoms with Crippen LogP contribution in [-0.2, 0) is 0 Å². The first-order chi connectivity index (χ1) is 8.04. The molecule has 0 fully saturated rings. The van der Waals surface area contributed by atoms with Gasteiger partial charge in [0.05, 0.1) is 5.69 Å². The Morgan fingerprint density at radius 3 is 2.59 bits per heavy atom. The average molecular weight is 293 g/mol. The molecule has 0 aliphatic rings. The Morgan fingerprint density at radius 2 is 1.94 bits per heavy atom. The number of nitrogen functional groups attached to an aromatic ring is 1. The van der Waals surface area contributed by atoms with Crippen molar-refractivity contribution < 1.29 is 0 Å². The fraction of sp³-hybridized carbons (Fsp3) is 0.167. The number of anilines is 3. The summed E-state index contributed by atoms with van der Waals surface area (Å²) in [5.74, 6) is 1.80. The number of nitrogens with two attached hydrogens (primary N) is 1. The number of rotatable bonds is 2. The van der Waals surface area contributed by atoms with Gasteiger partial charge >= 0.3 is 0 Å². The van der Waals surface area contributed by atoms with Crippen LogP contribution in [0.2, 0.25) is 0 Å². The lowest BCUT2D eigenvalue weighted by molar-refractivity contribution is 1.06. The van der Waals surface area contributed by atoms with Gasteiger partial charge in [0, 0.05) is 10.5 Å². The number of hydrogen-bond donors (Lipinski definition) is 2. The van der Waals surface area contributed by atoms with E-state index in [1.807, 2.05) is 32.0 Å². The van der Waals surface area contributed by atoms with E-state index in [2.05, 4.69) is 31.2 Å². The molecule has 0 spiro atoms. The van der Waals surface area contributed by atoms with Crippen molar-refractivity contribution in [3.8, 4) is 0 Å². The molecule has 1 aromatic carbocycles. The first-order valence-corrected chi connectivity index (χ1v) is 5.98. The quantitative estimate of drug-likeness (QED) is 0.892. The molecule has 5 heteroatoms. The number of aromatic nitrogens is 2. The third kappa shape index (κ3) is 2.94. The first kappa shape index (κ1) is 11.9. The first-order valence-electron chi connectivity index (χ1n) is 5.19. The van der Waals surface area contributed by atoms with Gasteiger partial charge in [0.2, 0.25) is 0 Å². The molecule has 0 amide bonds. The Bertz CT molecular complexity index is 534. The highest BCUT2D eigenvalue weighted by Crippen LogP contribution is 2.26. The summed E-state index contributed by atoms with van der Waals surface area (Å²) in [4.78, 5) is 8.30. The van der Waals surface area contributed by atoms with E-state index in [0.29, 0.717) is 17.5 Å². The van der Waals surface area contributed by atoms with Gasteiger partial charge in [-0.15, -0.1) is 0 Å². The smallest absolute Gasteiger partial charge is 0.136 e. The summed E-state index contributed by atoms with van der Waals surface area (Å²) >= 11 is 3.50. The van der Waals surface area contributed by atoms with Crippen molar-refractivity contribution in [3.05, 3.63) is 40.1 Å². The van der Waals surface area contributed by atoms with E-state index in [0.717, 1.165) is 10.2 Å². The molecule has 0 atom stereocenters. The van der Waals surface area contributed by atoms with Gasteiger partial charge < -0.3 is 11.1 Å². The number of benzene rings is 1. The summed E-state index contributed by atoms with van der Waals surface area (Å²) < 4.78 is 0.993. The van der Waals surface area contributed by atoms with Crippen LogP contribution in [0, 0.1) is 13.8 Å². The maximum atomic E-state index is 5.67. The molecule has 2 aromatic rings. The van der Waals surface area contributed by atoms with Gasteiger partial charge in [-0.1, -0.05) is 6.07 Å². The van der Waals surface area contributed by atoms with Gasteiger partial charge in [-0.3, -0.25) is 0 Å². The summed E-state index contributed by atoms with van der Waals surface area (Å²) in [6.45, 7) is 3.85. The van der Waals surface area contributed by atoms with Crippen molar-refractivity contribution >= 4 is 33.3 Å². The molecule has 3 N–H and O–H groups in total. The van der Waals surface area contributed by atoms with Crippen LogP contribution in [0.25, 0.3) is 0 Å². The van der Waals surface area contributed by atoms with Crippen molar-refractivity contribution in [1.82, 2.24) is 9.97 Å². The van der Waals surface area contributed by atoms with Crippen LogP contribution >= 0.6 is 15.9 Å². The lowest BCUT2D eigenvalue weighted by Crippen LogP contribution is -2.01. The fourth-order valence-corrected chi connectivity index (χ4v) is 2.11. The maximum Gasteiger partial charge on any atom is 0.136 e. The molecule has 2 rings (SSSR count). The van der Waals surface area contributed by atoms with Crippen molar-refractivity contribution in [3.63, 3.8) is 0 Å². The van der Waals surface area contributed by atoms with E-state index in [-0.39, 0.29) is 0 Å². The highest BCUT2D eigenvalue weighted by atomic mass is 79.9. The molecular formula is C12H13BrN4. The Hall–Kier alpha value is -1.62. The van der Waals surface area contributed by atoms with Crippen LogP contribution in [0.1, 0.15) is 11.4 Å². The van der Waals surface area contributed by atoms with Gasteiger partial charge in [-0.05, 0) is 47.5 Å². The predicted octanol–water partition coefficient (Wildman–Crippen LogP) is 3.18. The minimum atomic E-state index is 0.461. The molecule has 0 aliphatic carbocycles. The normalized spacial score (nSPS) is 10.3. The zero-order chi connectivity index (χ0) is 12.4. The monoisotopic (exact) mass is 292 g/mol. The number of nitrogens with one attached hydrogen (secondary N) is 1. The minimum absolute atomic E-state index is 0.461. The predicted molar refractivity (Wildman–Crippen MR) is 73.3 cm³/mol. The average Bonchev–Trinajstić information content (AvgIpc) is 2.21. The SMILES string of the molecule is Cc1ccc(Nc2cc(N)nc(C)n2)c(Br)c1. The Balaban J connectivity index is 2.31. The van der Waals surface area contributed by atoms with E-state index in [4.69, 9.17) is 5.73 Å². The van der Waals surface area contributed by atoms with Crippen LogP contribution in [0.5, 0.6) is 0 Å². The molecule has 88 valence electrons. The van der Waals surface area contributed by atoms with Crippen LogP contribution in [0.4, 0.5) is 17.3 Å². The zero-order valence-corrected chi connectivity index (χ0v) is 11.2. The molecular weight excluding hydrogens is 280 g/mol. The Kier molecular flexibility index (Phi) is 3.28. The Morgan fingerprint density at radius 1 is 1.18 bits per heavy atom. The number of nitrogens with zero attached hydrogens (tertiary/aromatic N) is 2. The molecule has 0 aliphatic heterocycles. The second kappa shape index (κ2) is 4.71. The molecule has 17 heavy (non-hydrogen) atoms. The van der Waals surface area contributed by atoms with Gasteiger partial charge in [0.1, 0.15) is 17.5 Å². The second-order valence-electron chi connectivity index (χ2n) is 3.83. The van der Waals surface area contributed by atoms with E-state index in [1.165, 1.54) is 5.56 Å². The van der Waals surface area contributed by atoms with Gasteiger partial charge in [-0.2, -0.15) is 0 Å². The molecule has 1 heterocycles. The summed E-state index contributed by atoms with van der Waals surface area (Å²) in [5.41, 5.74) is 7.82. The van der Waals surface area contributed by atoms with Crippen LogP contribution in [0.15, 0.2) is 28.7 Å². The third-order valence-electron chi connectivity index (χ3n) is 2.25. The van der Waals surface area contributed by atoms with Crippen LogP contribution < -0.4 is 11.1 Å². The standard InChI is InChI=1S/C12H13BrN4/c1-7-3-4-10(9(13)5-7)17-12-6-11(14)15-8(2)16-12/h3-6H,1-2H3,(H3,14,15,16,17). The molecule has 0 unspecified atom stereocenters. The molecule has 0 radical (unpaired) electrons. The topological polar surface area (TPSA) is 63.8 Å². The van der Waals surface area contributed by atoms with Crippen molar-refractivity contribution in [2.45, 2.75) is 13.8 Å². The number of hydrogen-bond acceptors (Lipinski definition) is 4. The van der Waals surface area contributed by atoms with E-state index in [9.17, 15) is 0 Å². The summed E-state index contributed by atoms with van der Waals surface area (Å²) in [7, 11) is 0. The van der Waals surface area contributed by atoms with Crippen molar-refractivity contribution in [2.24, 2.45) is 0 Å². The summed E-state index contributed by atoms with van der Waals surface area (Å²) in [6, 6.07) is 7.77. The highest BCUT2D eigenvalue weighted by molar-refractivity contribution is 9.10. The Labute approximate surface area is 108 Å². The largest absolute Gasteiger partial charge is 0.384 e.